The first-order valence-electron chi connectivity index (χ1n) is 15.4. The van der Waals surface area contributed by atoms with E-state index in [-0.39, 0.29) is 0 Å². The summed E-state index contributed by atoms with van der Waals surface area (Å²) >= 11 is 1.88. The Kier molecular flexibility index (Phi) is 5.19. The standard InChI is InChI=1S/C42H26N2S/c1-5-13-37-31(9-1)32-10-2-6-14-38(32)43(37)29-21-17-27(18-22-29)28-19-23-30(24-20-28)44-39-15-7-3-11-33(39)35-25-36-34-12-4-8-16-41(34)45-42(36)26-40(35)44/h1-26H. The van der Waals surface area contributed by atoms with Crippen molar-refractivity contribution in [2.24, 2.45) is 0 Å². The molecule has 3 heterocycles. The molecule has 0 unspecified atom stereocenters. The molecule has 0 saturated heterocycles. The summed E-state index contributed by atoms with van der Waals surface area (Å²) in [6, 6.07) is 57.6. The van der Waals surface area contributed by atoms with E-state index < -0.39 is 0 Å². The Morgan fingerprint density at radius 3 is 1.31 bits per heavy atom. The molecule has 0 bridgehead atoms. The van der Waals surface area contributed by atoms with Gasteiger partial charge in [0, 0.05) is 53.1 Å². The summed E-state index contributed by atoms with van der Waals surface area (Å²) in [6.45, 7) is 0. The highest BCUT2D eigenvalue weighted by Crippen LogP contribution is 2.41. The maximum atomic E-state index is 2.42. The van der Waals surface area contributed by atoms with Crippen LogP contribution in [0.1, 0.15) is 0 Å². The number of thiophene rings is 1. The lowest BCUT2D eigenvalue weighted by Crippen LogP contribution is -1.94. The van der Waals surface area contributed by atoms with E-state index in [1.807, 2.05) is 11.3 Å². The zero-order valence-corrected chi connectivity index (χ0v) is 25.1. The van der Waals surface area contributed by atoms with Crippen LogP contribution >= 0.6 is 11.3 Å². The second-order valence-corrected chi connectivity index (χ2v) is 12.9. The minimum absolute atomic E-state index is 1.17. The van der Waals surface area contributed by atoms with Crippen LogP contribution in [0, 0.1) is 0 Å². The van der Waals surface area contributed by atoms with Crippen LogP contribution < -0.4 is 0 Å². The Morgan fingerprint density at radius 2 is 0.756 bits per heavy atom. The monoisotopic (exact) mass is 590 g/mol. The Bertz CT molecular complexity index is 2690. The van der Waals surface area contributed by atoms with E-state index in [1.165, 1.54) is 86.3 Å². The largest absolute Gasteiger partial charge is 0.309 e. The van der Waals surface area contributed by atoms with Crippen molar-refractivity contribution < 1.29 is 0 Å². The van der Waals surface area contributed by atoms with Crippen LogP contribution in [-0.2, 0) is 0 Å². The molecule has 2 nitrogen and oxygen atoms in total. The van der Waals surface area contributed by atoms with Crippen LogP contribution in [0.4, 0.5) is 0 Å². The summed E-state index contributed by atoms with van der Waals surface area (Å²) in [5.74, 6) is 0. The zero-order chi connectivity index (χ0) is 29.5. The van der Waals surface area contributed by atoms with Crippen LogP contribution in [0.25, 0.3) is 86.3 Å². The number of aromatic nitrogens is 2. The molecule has 10 aromatic rings. The first kappa shape index (κ1) is 24.8. The molecule has 45 heavy (non-hydrogen) atoms. The molecule has 3 aromatic heterocycles. The van der Waals surface area contributed by atoms with Crippen molar-refractivity contribution in [1.29, 1.82) is 0 Å². The molecule has 0 fully saturated rings. The third-order valence-corrected chi connectivity index (χ3v) is 10.5. The van der Waals surface area contributed by atoms with E-state index >= 15 is 0 Å². The van der Waals surface area contributed by atoms with Gasteiger partial charge in [-0.05, 0) is 71.8 Å². The predicted octanol–water partition coefficient (Wildman–Crippen LogP) is 11.9. The third-order valence-electron chi connectivity index (χ3n) is 9.34. The first-order valence-corrected chi connectivity index (χ1v) is 16.2. The molecule has 0 amide bonds. The fraction of sp³-hybridized carbons (Fsp3) is 0. The van der Waals surface area contributed by atoms with Crippen molar-refractivity contribution in [2.75, 3.05) is 0 Å². The number of hydrogen-bond donors (Lipinski definition) is 0. The van der Waals surface area contributed by atoms with Gasteiger partial charge in [-0.25, -0.2) is 0 Å². The van der Waals surface area contributed by atoms with E-state index in [1.54, 1.807) is 0 Å². The lowest BCUT2D eigenvalue weighted by Gasteiger charge is -2.11. The average molecular weight is 591 g/mol. The van der Waals surface area contributed by atoms with Gasteiger partial charge in [0.15, 0.2) is 0 Å². The molecule has 0 N–H and O–H groups in total. The van der Waals surface area contributed by atoms with Gasteiger partial charge in [-0.2, -0.15) is 0 Å². The van der Waals surface area contributed by atoms with Crippen molar-refractivity contribution in [3.05, 3.63) is 158 Å². The SMILES string of the molecule is c1ccc2c(c1)sc1cc3c(cc12)c1ccccc1n3-c1ccc(-c2ccc(-n3c4ccccc4c4ccccc43)cc2)cc1. The summed E-state index contributed by atoms with van der Waals surface area (Å²) in [5, 5.41) is 7.83. The minimum Gasteiger partial charge on any atom is -0.309 e. The van der Waals surface area contributed by atoms with E-state index in [4.69, 9.17) is 0 Å². The Balaban J connectivity index is 1.07. The van der Waals surface area contributed by atoms with Crippen LogP contribution in [0.3, 0.4) is 0 Å². The first-order chi connectivity index (χ1) is 22.3. The lowest BCUT2D eigenvalue weighted by molar-refractivity contribution is 1.18. The van der Waals surface area contributed by atoms with Gasteiger partial charge in [0.05, 0.1) is 22.1 Å². The van der Waals surface area contributed by atoms with Crippen LogP contribution in [-0.4, -0.2) is 9.13 Å². The number of rotatable bonds is 3. The van der Waals surface area contributed by atoms with Gasteiger partial charge in [-0.3, -0.25) is 0 Å². The smallest absolute Gasteiger partial charge is 0.0555 e. The van der Waals surface area contributed by atoms with Gasteiger partial charge in [0.1, 0.15) is 0 Å². The average Bonchev–Trinajstić information content (AvgIpc) is 3.75. The fourth-order valence-corrected chi connectivity index (χ4v) is 8.39. The van der Waals surface area contributed by atoms with Gasteiger partial charge in [0.25, 0.3) is 0 Å². The normalized spacial score (nSPS) is 12.0. The molecule has 0 spiro atoms. The second kappa shape index (κ2) is 9.43. The molecule has 7 aromatic carbocycles. The van der Waals surface area contributed by atoms with Crippen LogP contribution in [0.15, 0.2) is 158 Å². The highest BCUT2D eigenvalue weighted by Gasteiger charge is 2.16. The van der Waals surface area contributed by atoms with E-state index in [2.05, 4.69) is 167 Å². The van der Waals surface area contributed by atoms with Crippen molar-refractivity contribution in [3.8, 4) is 22.5 Å². The Hall–Kier alpha value is -5.64. The summed E-state index contributed by atoms with van der Waals surface area (Å²) in [5.41, 5.74) is 9.71. The van der Waals surface area contributed by atoms with E-state index in [9.17, 15) is 0 Å². The molecule has 0 atom stereocenters. The number of hydrogen-bond acceptors (Lipinski definition) is 1. The van der Waals surface area contributed by atoms with Gasteiger partial charge in [-0.15, -0.1) is 11.3 Å². The maximum absolute atomic E-state index is 2.42. The van der Waals surface area contributed by atoms with Gasteiger partial charge in [0.2, 0.25) is 0 Å². The second-order valence-electron chi connectivity index (χ2n) is 11.8. The van der Waals surface area contributed by atoms with Gasteiger partial charge in [-0.1, -0.05) is 97.1 Å². The van der Waals surface area contributed by atoms with Crippen molar-refractivity contribution >= 4 is 75.1 Å². The highest BCUT2D eigenvalue weighted by molar-refractivity contribution is 7.25. The summed E-state index contributed by atoms with van der Waals surface area (Å²) in [7, 11) is 0. The summed E-state index contributed by atoms with van der Waals surface area (Å²) in [6.07, 6.45) is 0. The van der Waals surface area contributed by atoms with Gasteiger partial charge >= 0.3 is 0 Å². The number of fused-ring (bicyclic) bond motifs is 9. The molecule has 0 aliphatic carbocycles. The van der Waals surface area contributed by atoms with Gasteiger partial charge < -0.3 is 9.13 Å². The Labute approximate surface area is 263 Å². The van der Waals surface area contributed by atoms with Crippen molar-refractivity contribution in [1.82, 2.24) is 9.13 Å². The quantitative estimate of drug-likeness (QED) is 0.194. The van der Waals surface area contributed by atoms with Crippen LogP contribution in [0.5, 0.6) is 0 Å². The molecule has 0 aliphatic rings. The molecular formula is C42H26N2S. The molecule has 0 radical (unpaired) electrons. The predicted molar refractivity (Wildman–Crippen MR) is 193 cm³/mol. The molecule has 10 rings (SSSR count). The number of para-hydroxylation sites is 3. The van der Waals surface area contributed by atoms with Crippen LogP contribution in [0.2, 0.25) is 0 Å². The minimum atomic E-state index is 1.17. The maximum Gasteiger partial charge on any atom is 0.0555 e. The van der Waals surface area contributed by atoms with Crippen molar-refractivity contribution in [3.63, 3.8) is 0 Å². The fourth-order valence-electron chi connectivity index (χ4n) is 7.27. The highest BCUT2D eigenvalue weighted by atomic mass is 32.1. The van der Waals surface area contributed by atoms with E-state index in [0.29, 0.717) is 0 Å². The zero-order valence-electron chi connectivity index (χ0n) is 24.3. The molecule has 210 valence electrons. The summed E-state index contributed by atoms with van der Waals surface area (Å²) in [4.78, 5) is 0. The van der Waals surface area contributed by atoms with Crippen molar-refractivity contribution in [2.45, 2.75) is 0 Å². The molecular weight excluding hydrogens is 565 g/mol. The summed E-state index contributed by atoms with van der Waals surface area (Å²) < 4.78 is 7.45. The molecule has 0 saturated carbocycles. The number of benzene rings is 7. The third kappa shape index (κ3) is 3.62. The topological polar surface area (TPSA) is 9.86 Å². The van der Waals surface area contributed by atoms with E-state index in [0.717, 1.165) is 0 Å². The molecule has 0 aliphatic heterocycles. The lowest BCUT2D eigenvalue weighted by atomic mass is 10.0. The number of nitrogens with zero attached hydrogens (tertiary/aromatic N) is 2. The Morgan fingerprint density at radius 1 is 0.311 bits per heavy atom. The molecule has 3 heteroatoms.